The number of ether oxygens (including phenoxy) is 3. The van der Waals surface area contributed by atoms with E-state index in [9.17, 15) is 9.59 Å². The van der Waals surface area contributed by atoms with Crippen LogP contribution in [0.2, 0.25) is 0 Å². The second kappa shape index (κ2) is 10.4. The Morgan fingerprint density at radius 3 is 2.48 bits per heavy atom. The summed E-state index contributed by atoms with van der Waals surface area (Å²) in [6.45, 7) is 5.62. The Balaban J connectivity index is 2.47. The minimum atomic E-state index is -0.557. The molecule has 6 heteroatoms. The molecule has 1 rings (SSSR count). The summed E-state index contributed by atoms with van der Waals surface area (Å²) in [7, 11) is 1.51. The van der Waals surface area contributed by atoms with Crippen LogP contribution >= 0.6 is 0 Å². The molecule has 0 unspecified atom stereocenters. The van der Waals surface area contributed by atoms with E-state index in [2.05, 4.69) is 5.32 Å². The Bertz CT molecular complexity index is 563. The first-order valence-electron chi connectivity index (χ1n) is 8.18. The largest absolute Gasteiger partial charge is 0.505 e. The monoisotopic (exact) mass is 349 g/mol. The summed E-state index contributed by atoms with van der Waals surface area (Å²) in [5, 5.41) is 2.70. The van der Waals surface area contributed by atoms with Crippen molar-refractivity contribution in [2.45, 2.75) is 51.9 Å². The number of esters is 1. The molecule has 0 saturated heterocycles. The van der Waals surface area contributed by atoms with Gasteiger partial charge in [0, 0.05) is 6.42 Å². The molecule has 0 saturated carbocycles. The minimum absolute atomic E-state index is 0.176. The maximum atomic E-state index is 11.9. The molecule has 0 aliphatic carbocycles. The maximum absolute atomic E-state index is 11.9. The summed E-state index contributed by atoms with van der Waals surface area (Å²) in [5.41, 5.74) is 0.368. The summed E-state index contributed by atoms with van der Waals surface area (Å²) in [4.78, 5) is 23.8. The van der Waals surface area contributed by atoms with Gasteiger partial charge in [-0.1, -0.05) is 30.3 Å². The van der Waals surface area contributed by atoms with Gasteiger partial charge in [-0.3, -0.25) is 4.79 Å². The number of benzene rings is 1. The Labute approximate surface area is 149 Å². The van der Waals surface area contributed by atoms with Crippen LogP contribution in [-0.2, 0) is 25.6 Å². The van der Waals surface area contributed by atoms with Crippen molar-refractivity contribution in [3.63, 3.8) is 0 Å². The number of amides is 1. The van der Waals surface area contributed by atoms with Crippen molar-refractivity contribution >= 4 is 12.1 Å². The average molecular weight is 349 g/mol. The van der Waals surface area contributed by atoms with E-state index in [1.54, 1.807) is 6.08 Å². The van der Waals surface area contributed by atoms with Crippen molar-refractivity contribution in [1.82, 2.24) is 5.32 Å². The summed E-state index contributed by atoms with van der Waals surface area (Å²) >= 11 is 0. The van der Waals surface area contributed by atoms with Crippen molar-refractivity contribution < 1.29 is 23.8 Å². The van der Waals surface area contributed by atoms with Gasteiger partial charge >= 0.3 is 12.1 Å². The quantitative estimate of drug-likeness (QED) is 0.574. The Morgan fingerprint density at radius 2 is 1.88 bits per heavy atom. The number of methoxy groups -OCH3 is 1. The van der Waals surface area contributed by atoms with Gasteiger partial charge in [-0.25, -0.2) is 4.79 Å². The molecule has 0 spiro atoms. The molecular weight excluding hydrogens is 322 g/mol. The molecule has 0 heterocycles. The Kier molecular flexibility index (Phi) is 8.53. The van der Waals surface area contributed by atoms with Gasteiger partial charge in [0.1, 0.15) is 12.2 Å². The zero-order valence-electron chi connectivity index (χ0n) is 15.3. The number of carbonyl (C=O) groups excluding carboxylic acids is 2. The lowest BCUT2D eigenvalue weighted by Crippen LogP contribution is -2.35. The number of nitrogens with one attached hydrogen (secondary N) is 1. The fourth-order valence-electron chi connectivity index (χ4n) is 1.97. The van der Waals surface area contributed by atoms with Crippen LogP contribution in [0.15, 0.2) is 42.7 Å². The normalized spacial score (nSPS) is 12.5. The van der Waals surface area contributed by atoms with Gasteiger partial charge in [0.2, 0.25) is 0 Å². The highest BCUT2D eigenvalue weighted by Gasteiger charge is 2.18. The van der Waals surface area contributed by atoms with Gasteiger partial charge in [-0.2, -0.15) is 0 Å². The van der Waals surface area contributed by atoms with Gasteiger partial charge in [0.15, 0.2) is 0 Å². The first-order chi connectivity index (χ1) is 11.8. The van der Waals surface area contributed by atoms with Crippen LogP contribution in [0.4, 0.5) is 4.79 Å². The van der Waals surface area contributed by atoms with Gasteiger partial charge in [-0.05, 0) is 38.8 Å². The molecule has 138 valence electrons. The molecule has 1 amide bonds. The van der Waals surface area contributed by atoms with Crippen molar-refractivity contribution in [1.29, 1.82) is 0 Å². The predicted molar refractivity (Wildman–Crippen MR) is 94.8 cm³/mol. The van der Waals surface area contributed by atoms with Crippen LogP contribution in [0.25, 0.3) is 0 Å². The molecular formula is C19H27NO5. The van der Waals surface area contributed by atoms with E-state index in [-0.39, 0.29) is 19.0 Å². The molecule has 1 aromatic carbocycles. The van der Waals surface area contributed by atoms with Crippen molar-refractivity contribution in [3.05, 3.63) is 48.2 Å². The number of carbonyl (C=O) groups is 2. The molecule has 0 fully saturated rings. The van der Waals surface area contributed by atoms with Crippen LogP contribution in [0.1, 0.15) is 39.2 Å². The predicted octanol–water partition coefficient (Wildman–Crippen LogP) is 3.56. The first-order valence-corrected chi connectivity index (χ1v) is 8.18. The number of hydrogen-bond donors (Lipinski definition) is 1. The molecule has 1 N–H and O–H groups in total. The highest BCUT2D eigenvalue weighted by molar-refractivity contribution is 5.70. The molecule has 0 aromatic heterocycles. The molecule has 0 aliphatic rings. The zero-order chi connectivity index (χ0) is 18.7. The molecule has 0 bridgehead atoms. The summed E-state index contributed by atoms with van der Waals surface area (Å²) in [5.74, 6) is -0.317. The third-order valence-corrected chi connectivity index (χ3v) is 3.04. The third kappa shape index (κ3) is 10.1. The van der Waals surface area contributed by atoms with Gasteiger partial charge in [-0.15, -0.1) is 0 Å². The molecule has 0 aliphatic heterocycles. The standard InChI is InChI=1S/C19H27NO5/c1-19(2,3)25-17(21)11-10-16(12-13-23-4)20-18(22)24-14-15-8-6-5-7-9-15/h5-9,12-13,16H,10-11,14H2,1-4H3,(H,20,22)/b13-12+/t16-/m0/s1. The van der Waals surface area contributed by atoms with Crippen LogP contribution in [0.3, 0.4) is 0 Å². The van der Waals surface area contributed by atoms with Crippen molar-refractivity contribution in [3.8, 4) is 0 Å². The summed E-state index contributed by atoms with van der Waals surface area (Å²) in [6.07, 6.45) is 3.12. The first kappa shape index (κ1) is 20.5. The van der Waals surface area contributed by atoms with Crippen molar-refractivity contribution in [2.75, 3.05) is 7.11 Å². The lowest BCUT2D eigenvalue weighted by Gasteiger charge is -2.20. The maximum Gasteiger partial charge on any atom is 0.407 e. The van der Waals surface area contributed by atoms with E-state index in [0.29, 0.717) is 6.42 Å². The molecule has 1 atom stereocenters. The van der Waals surface area contributed by atoms with Crippen LogP contribution in [0.5, 0.6) is 0 Å². The van der Waals surface area contributed by atoms with Crippen molar-refractivity contribution in [2.24, 2.45) is 0 Å². The molecule has 1 aromatic rings. The van der Waals surface area contributed by atoms with Gasteiger partial charge in [0.05, 0.1) is 19.4 Å². The van der Waals surface area contributed by atoms with E-state index in [1.165, 1.54) is 13.4 Å². The average Bonchev–Trinajstić information content (AvgIpc) is 2.55. The fraction of sp³-hybridized carbons (Fsp3) is 0.474. The van der Waals surface area contributed by atoms with E-state index in [1.807, 2.05) is 51.1 Å². The van der Waals surface area contributed by atoms with E-state index >= 15 is 0 Å². The highest BCUT2D eigenvalue weighted by atomic mass is 16.6. The van der Waals surface area contributed by atoms with E-state index < -0.39 is 17.7 Å². The lowest BCUT2D eigenvalue weighted by atomic mass is 10.1. The van der Waals surface area contributed by atoms with E-state index in [0.717, 1.165) is 5.56 Å². The number of hydrogen-bond acceptors (Lipinski definition) is 5. The second-order valence-electron chi connectivity index (χ2n) is 6.50. The molecule has 25 heavy (non-hydrogen) atoms. The van der Waals surface area contributed by atoms with Crippen LogP contribution in [0, 0.1) is 0 Å². The smallest absolute Gasteiger partial charge is 0.407 e. The zero-order valence-corrected chi connectivity index (χ0v) is 15.3. The lowest BCUT2D eigenvalue weighted by molar-refractivity contribution is -0.155. The Hall–Kier alpha value is -2.50. The van der Waals surface area contributed by atoms with E-state index in [4.69, 9.17) is 14.2 Å². The number of alkyl carbamates (subject to hydrolysis) is 1. The highest BCUT2D eigenvalue weighted by Crippen LogP contribution is 2.11. The van der Waals surface area contributed by atoms with Gasteiger partial charge in [0.25, 0.3) is 0 Å². The topological polar surface area (TPSA) is 73.9 Å². The van der Waals surface area contributed by atoms with Gasteiger partial charge < -0.3 is 19.5 Å². The van der Waals surface area contributed by atoms with Crippen LogP contribution in [-0.4, -0.2) is 30.8 Å². The SMILES string of the molecule is CO/C=C/[C@H](CCC(=O)OC(C)(C)C)NC(=O)OCc1ccccc1. The fourth-order valence-corrected chi connectivity index (χ4v) is 1.97. The summed E-state index contributed by atoms with van der Waals surface area (Å²) < 4.78 is 15.3. The molecule has 0 radical (unpaired) electrons. The second-order valence-corrected chi connectivity index (χ2v) is 6.50. The van der Waals surface area contributed by atoms with Crippen LogP contribution < -0.4 is 5.32 Å². The summed E-state index contributed by atoms with van der Waals surface area (Å²) in [6, 6.07) is 9.00. The minimum Gasteiger partial charge on any atom is -0.505 e. The third-order valence-electron chi connectivity index (χ3n) is 3.04. The number of rotatable bonds is 8. The Morgan fingerprint density at radius 1 is 1.20 bits per heavy atom. The molecule has 6 nitrogen and oxygen atoms in total.